The van der Waals surface area contributed by atoms with Crippen LogP contribution in [0.5, 0.6) is 0 Å². The quantitative estimate of drug-likeness (QED) is 0.397. The van der Waals surface area contributed by atoms with Crippen LogP contribution in [0, 0.1) is 24.4 Å². The molecule has 0 radical (unpaired) electrons. The van der Waals surface area contributed by atoms with Gasteiger partial charge in [-0.15, -0.1) is 0 Å². The van der Waals surface area contributed by atoms with Crippen molar-refractivity contribution < 1.29 is 39.6 Å². The molecule has 0 unspecified atom stereocenters. The molecule has 2 aromatic rings. The molecule has 0 saturated carbocycles. The fourth-order valence-electron chi connectivity index (χ4n) is 4.03. The van der Waals surface area contributed by atoms with Crippen LogP contribution in [-0.4, -0.2) is 54.8 Å². The minimum Gasteiger partial charge on any atom is -0.334 e. The van der Waals surface area contributed by atoms with Gasteiger partial charge in [-0.05, 0) is 48.6 Å². The molecule has 0 fully saturated rings. The first-order chi connectivity index (χ1) is 16.6. The van der Waals surface area contributed by atoms with Crippen LogP contribution in [0.3, 0.4) is 0 Å². The van der Waals surface area contributed by atoms with Crippen LogP contribution < -0.4 is 10.5 Å². The average molecular weight is 539 g/mol. The molecule has 1 aromatic heterocycles. The number of hydrogen-bond acceptors (Lipinski definition) is 5. The number of carbonyl (C=O) groups excluding carboxylic acids is 1. The van der Waals surface area contributed by atoms with Crippen LogP contribution in [0.15, 0.2) is 24.4 Å². The van der Waals surface area contributed by atoms with E-state index in [1.54, 1.807) is 19.2 Å². The standard InChI is InChI=1S/C22H24F6N4O3S/c1-12-2-15-10-32(21(33)6-16(29)3-13-5-19(24)20(25)7-18(13)23)17(4-14(15)8-30-12)9-31-36(34,35)11-22(26,27)28/h2,5,7-8,16-17,31H,3-4,6,9-11,29H2,1H3/t16-,17+/m1/s1. The van der Waals surface area contributed by atoms with Crippen molar-refractivity contribution in [2.75, 3.05) is 12.3 Å². The van der Waals surface area contributed by atoms with Crippen molar-refractivity contribution in [3.63, 3.8) is 0 Å². The Morgan fingerprint density at radius 2 is 1.83 bits per heavy atom. The molecular weight excluding hydrogens is 514 g/mol. The van der Waals surface area contributed by atoms with Gasteiger partial charge in [-0.25, -0.2) is 26.3 Å². The highest BCUT2D eigenvalue weighted by molar-refractivity contribution is 7.89. The number of carbonyl (C=O) groups is 1. The summed E-state index contributed by atoms with van der Waals surface area (Å²) < 4.78 is 104. The first kappa shape index (κ1) is 27.9. The van der Waals surface area contributed by atoms with Gasteiger partial charge < -0.3 is 10.6 Å². The van der Waals surface area contributed by atoms with E-state index >= 15 is 0 Å². The number of sulfonamides is 1. The van der Waals surface area contributed by atoms with Crippen molar-refractivity contribution in [1.82, 2.24) is 14.6 Å². The lowest BCUT2D eigenvalue weighted by Crippen LogP contribution is -2.51. The lowest BCUT2D eigenvalue weighted by atomic mass is 9.94. The molecule has 0 aliphatic carbocycles. The summed E-state index contributed by atoms with van der Waals surface area (Å²) in [6.07, 6.45) is -3.91. The van der Waals surface area contributed by atoms with Gasteiger partial charge >= 0.3 is 6.18 Å². The number of hydrogen-bond donors (Lipinski definition) is 2. The predicted octanol–water partition coefficient (Wildman–Crippen LogP) is 2.50. The Balaban J connectivity index is 1.76. The fourth-order valence-corrected chi connectivity index (χ4v) is 5.01. The summed E-state index contributed by atoms with van der Waals surface area (Å²) in [5.74, 6) is -6.29. The summed E-state index contributed by atoms with van der Waals surface area (Å²) in [5, 5.41) is 0. The maximum atomic E-state index is 14.0. The molecule has 1 aromatic carbocycles. The molecule has 0 saturated heterocycles. The molecular formula is C22H24F6N4O3S. The summed E-state index contributed by atoms with van der Waals surface area (Å²) in [5.41, 5.74) is 7.84. The van der Waals surface area contributed by atoms with Gasteiger partial charge in [-0.3, -0.25) is 9.78 Å². The first-order valence-electron chi connectivity index (χ1n) is 10.8. The fraction of sp³-hybridized carbons (Fsp3) is 0.455. The normalized spacial score (nSPS) is 17.1. The monoisotopic (exact) mass is 538 g/mol. The van der Waals surface area contributed by atoms with Gasteiger partial charge in [0.05, 0.1) is 0 Å². The van der Waals surface area contributed by atoms with Crippen LogP contribution in [0.2, 0.25) is 0 Å². The minimum atomic E-state index is -4.94. The van der Waals surface area contributed by atoms with E-state index in [0.29, 0.717) is 23.4 Å². The van der Waals surface area contributed by atoms with Crippen molar-refractivity contribution in [2.45, 2.75) is 51.0 Å². The Hall–Kier alpha value is -2.71. The second-order valence-electron chi connectivity index (χ2n) is 8.72. The van der Waals surface area contributed by atoms with E-state index in [1.807, 2.05) is 4.72 Å². The van der Waals surface area contributed by atoms with Gasteiger partial charge in [0.15, 0.2) is 17.4 Å². The second-order valence-corrected chi connectivity index (χ2v) is 10.5. The number of nitrogens with two attached hydrogens (primary N) is 1. The van der Waals surface area contributed by atoms with Crippen molar-refractivity contribution >= 4 is 15.9 Å². The van der Waals surface area contributed by atoms with Gasteiger partial charge in [-0.2, -0.15) is 13.2 Å². The molecule has 14 heteroatoms. The van der Waals surface area contributed by atoms with E-state index in [1.165, 1.54) is 4.90 Å². The van der Waals surface area contributed by atoms with Crippen molar-refractivity contribution in [2.24, 2.45) is 5.73 Å². The predicted molar refractivity (Wildman–Crippen MR) is 117 cm³/mol. The molecule has 7 nitrogen and oxygen atoms in total. The number of aryl methyl sites for hydroxylation is 1. The zero-order chi connectivity index (χ0) is 26.8. The number of nitrogens with zero attached hydrogens (tertiary/aromatic N) is 2. The number of alkyl halides is 3. The highest BCUT2D eigenvalue weighted by Crippen LogP contribution is 2.25. The Morgan fingerprint density at radius 1 is 1.17 bits per heavy atom. The molecule has 1 amide bonds. The third kappa shape index (κ3) is 7.40. The van der Waals surface area contributed by atoms with E-state index in [2.05, 4.69) is 4.98 Å². The van der Waals surface area contributed by atoms with Crippen LogP contribution in [0.4, 0.5) is 26.3 Å². The lowest BCUT2D eigenvalue weighted by Gasteiger charge is -2.37. The molecule has 2 heterocycles. The molecule has 0 bridgehead atoms. The topological polar surface area (TPSA) is 105 Å². The van der Waals surface area contributed by atoms with Gasteiger partial charge in [0, 0.05) is 49.6 Å². The second kappa shape index (κ2) is 10.7. The van der Waals surface area contributed by atoms with Gasteiger partial charge in [-0.1, -0.05) is 0 Å². The maximum absolute atomic E-state index is 14.0. The Morgan fingerprint density at radius 3 is 2.50 bits per heavy atom. The summed E-state index contributed by atoms with van der Waals surface area (Å²) in [4.78, 5) is 18.6. The van der Waals surface area contributed by atoms with Crippen LogP contribution in [-0.2, 0) is 34.2 Å². The van der Waals surface area contributed by atoms with E-state index in [0.717, 1.165) is 5.56 Å². The molecule has 36 heavy (non-hydrogen) atoms. The molecule has 3 rings (SSSR count). The number of nitrogens with one attached hydrogen (secondary N) is 1. The van der Waals surface area contributed by atoms with Gasteiger partial charge in [0.1, 0.15) is 5.82 Å². The molecule has 2 atom stereocenters. The molecule has 1 aliphatic heterocycles. The van der Waals surface area contributed by atoms with Crippen molar-refractivity contribution in [3.8, 4) is 0 Å². The van der Waals surface area contributed by atoms with E-state index in [4.69, 9.17) is 5.73 Å². The molecule has 1 aliphatic rings. The van der Waals surface area contributed by atoms with Crippen molar-refractivity contribution in [3.05, 3.63) is 64.2 Å². The van der Waals surface area contributed by atoms with Crippen LogP contribution in [0.25, 0.3) is 0 Å². The van der Waals surface area contributed by atoms with Crippen molar-refractivity contribution in [1.29, 1.82) is 0 Å². The minimum absolute atomic E-state index is 0.0233. The zero-order valence-corrected chi connectivity index (χ0v) is 19.9. The molecule has 3 N–H and O–H groups in total. The Labute approximate surface area is 203 Å². The largest absolute Gasteiger partial charge is 0.404 e. The van der Waals surface area contributed by atoms with Gasteiger partial charge in [0.25, 0.3) is 0 Å². The molecule has 0 spiro atoms. The highest BCUT2D eigenvalue weighted by Gasteiger charge is 2.37. The van der Waals surface area contributed by atoms with Crippen LogP contribution in [0.1, 0.15) is 28.8 Å². The average Bonchev–Trinajstić information content (AvgIpc) is 2.73. The van der Waals surface area contributed by atoms with E-state index in [9.17, 15) is 39.6 Å². The summed E-state index contributed by atoms with van der Waals surface area (Å²) in [6, 6.07) is 0.918. The third-order valence-electron chi connectivity index (χ3n) is 5.68. The lowest BCUT2D eigenvalue weighted by molar-refractivity contribution is -0.135. The Kier molecular flexibility index (Phi) is 8.30. The summed E-state index contributed by atoms with van der Waals surface area (Å²) >= 11 is 0. The highest BCUT2D eigenvalue weighted by atomic mass is 32.2. The number of halogens is 6. The summed E-state index contributed by atoms with van der Waals surface area (Å²) in [7, 11) is -4.71. The number of fused-ring (bicyclic) bond motifs is 1. The van der Waals surface area contributed by atoms with E-state index in [-0.39, 0.29) is 31.4 Å². The number of rotatable bonds is 8. The first-order valence-corrected chi connectivity index (χ1v) is 12.5. The molecule has 198 valence electrons. The summed E-state index contributed by atoms with van der Waals surface area (Å²) in [6.45, 7) is 1.27. The maximum Gasteiger partial charge on any atom is 0.404 e. The number of benzene rings is 1. The number of amides is 1. The Bertz CT molecular complexity index is 1240. The smallest absolute Gasteiger partial charge is 0.334 e. The van der Waals surface area contributed by atoms with Gasteiger partial charge in [0.2, 0.25) is 15.9 Å². The van der Waals surface area contributed by atoms with E-state index < -0.39 is 63.9 Å². The number of aromatic nitrogens is 1. The SMILES string of the molecule is Cc1cc2c(cn1)C[C@@H](CNS(=O)(=O)CC(F)(F)F)N(C(=O)C[C@H](N)Cc1cc(F)c(F)cc1F)C2. The zero-order valence-electron chi connectivity index (χ0n) is 19.1. The van der Waals surface area contributed by atoms with Crippen LogP contribution >= 0.6 is 0 Å². The number of pyridine rings is 1. The third-order valence-corrected chi connectivity index (χ3v) is 6.99.